The smallest absolute Gasteiger partial charge is 0.435 e. The highest BCUT2D eigenvalue weighted by Gasteiger charge is 2.39. The van der Waals surface area contributed by atoms with Crippen LogP contribution in [-0.2, 0) is 17.5 Å². The molecule has 0 saturated heterocycles. The van der Waals surface area contributed by atoms with E-state index in [9.17, 15) is 18.4 Å². The van der Waals surface area contributed by atoms with Crippen molar-refractivity contribution in [2.45, 2.75) is 12.8 Å². The number of nitrogens with zero attached hydrogens (tertiary/aromatic N) is 4. The van der Waals surface area contributed by atoms with Gasteiger partial charge in [-0.1, -0.05) is 23.2 Å². The molecule has 1 aromatic carbocycles. The van der Waals surface area contributed by atoms with Crippen molar-refractivity contribution in [2.24, 2.45) is 0 Å². The largest absolute Gasteiger partial charge is 0.616 e. The Morgan fingerprint density at radius 2 is 1.96 bits per heavy atom. The Kier molecular flexibility index (Phi) is 4.43. The number of hydrogen-bond acceptors (Lipinski definition) is 4. The van der Waals surface area contributed by atoms with Crippen molar-refractivity contribution in [2.75, 3.05) is 0 Å². The van der Waals surface area contributed by atoms with Crippen LogP contribution in [0.15, 0.2) is 42.6 Å². The van der Waals surface area contributed by atoms with E-state index in [1.165, 1.54) is 24.4 Å². The number of benzene rings is 1. The number of halogens is 5. The van der Waals surface area contributed by atoms with E-state index in [4.69, 9.17) is 27.9 Å². The number of pyridine rings is 1. The lowest BCUT2D eigenvalue weighted by atomic mass is 10.1. The standard InChI is InChI=1S/C17H9Cl2F3N4O2/c18-10-4-3-9-8-28-16(26(27)12(9)6-10)13-7-14(17(20,21)22)24-25(13)15-11(19)2-1-5-23-15/h1-7H,8H2. The molecule has 0 aliphatic carbocycles. The van der Waals surface area contributed by atoms with Gasteiger partial charge in [-0.25, -0.2) is 9.67 Å². The van der Waals surface area contributed by atoms with Gasteiger partial charge in [-0.05, 0) is 24.3 Å². The molecule has 0 atom stereocenters. The van der Waals surface area contributed by atoms with E-state index in [0.29, 0.717) is 21.4 Å². The Balaban J connectivity index is 1.96. The number of aromatic nitrogens is 3. The second-order valence-electron chi connectivity index (χ2n) is 5.79. The van der Waals surface area contributed by atoms with Crippen LogP contribution in [0.25, 0.3) is 5.82 Å². The molecule has 1 aliphatic rings. The van der Waals surface area contributed by atoms with Gasteiger partial charge in [0.2, 0.25) is 5.69 Å². The number of alkyl halides is 3. The summed E-state index contributed by atoms with van der Waals surface area (Å²) in [7, 11) is 0. The van der Waals surface area contributed by atoms with Gasteiger partial charge in [0.05, 0.1) is 10.6 Å². The Bertz CT molecular complexity index is 1110. The Morgan fingerprint density at radius 3 is 2.68 bits per heavy atom. The topological polar surface area (TPSA) is 66.0 Å². The molecule has 0 fully saturated rings. The molecule has 0 bridgehead atoms. The maximum Gasteiger partial charge on any atom is 0.435 e. The minimum Gasteiger partial charge on any atom is -0.616 e. The molecular weight excluding hydrogens is 420 g/mol. The lowest BCUT2D eigenvalue weighted by Crippen LogP contribution is -2.25. The molecule has 3 heterocycles. The third kappa shape index (κ3) is 3.16. The van der Waals surface area contributed by atoms with Crippen LogP contribution in [0, 0.1) is 5.21 Å². The molecule has 0 unspecified atom stereocenters. The average Bonchev–Trinajstić information content (AvgIpc) is 3.08. The first-order chi connectivity index (χ1) is 13.3. The first-order valence-corrected chi connectivity index (χ1v) is 8.55. The summed E-state index contributed by atoms with van der Waals surface area (Å²) in [4.78, 5) is 3.97. The van der Waals surface area contributed by atoms with E-state index in [0.717, 1.165) is 4.68 Å². The molecule has 0 N–H and O–H groups in total. The molecule has 11 heteroatoms. The van der Waals surface area contributed by atoms with Gasteiger partial charge in [0, 0.05) is 23.4 Å². The maximum atomic E-state index is 13.3. The van der Waals surface area contributed by atoms with Crippen molar-refractivity contribution in [3.8, 4) is 5.82 Å². The zero-order valence-electron chi connectivity index (χ0n) is 13.7. The fourth-order valence-electron chi connectivity index (χ4n) is 2.71. The van der Waals surface area contributed by atoms with Crippen LogP contribution >= 0.6 is 23.2 Å². The number of ether oxygens (including phenoxy) is 1. The van der Waals surface area contributed by atoms with Crippen LogP contribution < -0.4 is 0 Å². The Labute approximate surface area is 166 Å². The van der Waals surface area contributed by atoms with Gasteiger partial charge in [-0.3, -0.25) is 0 Å². The summed E-state index contributed by atoms with van der Waals surface area (Å²) in [6.07, 6.45) is -3.40. The first-order valence-electron chi connectivity index (χ1n) is 7.79. The molecule has 1 aliphatic heterocycles. The van der Waals surface area contributed by atoms with Gasteiger partial charge in [-0.2, -0.15) is 18.3 Å². The lowest BCUT2D eigenvalue weighted by Gasteiger charge is -2.19. The van der Waals surface area contributed by atoms with Crippen molar-refractivity contribution in [1.82, 2.24) is 14.8 Å². The van der Waals surface area contributed by atoms with Crippen molar-refractivity contribution in [1.29, 1.82) is 0 Å². The molecule has 0 amide bonds. The van der Waals surface area contributed by atoms with Crippen molar-refractivity contribution >= 4 is 34.8 Å². The van der Waals surface area contributed by atoms with Gasteiger partial charge in [0.15, 0.2) is 17.2 Å². The minimum absolute atomic E-state index is 0.0247. The summed E-state index contributed by atoms with van der Waals surface area (Å²) in [5.74, 6) is -0.449. The van der Waals surface area contributed by atoms with Gasteiger partial charge in [-0.15, -0.1) is 4.74 Å². The van der Waals surface area contributed by atoms with E-state index in [2.05, 4.69) is 10.1 Å². The summed E-state index contributed by atoms with van der Waals surface area (Å²) in [6, 6.07) is 8.27. The third-order valence-electron chi connectivity index (χ3n) is 3.97. The first kappa shape index (κ1) is 18.6. The highest BCUT2D eigenvalue weighted by atomic mass is 35.5. The molecule has 28 heavy (non-hydrogen) atoms. The molecule has 4 rings (SSSR count). The zero-order chi connectivity index (χ0) is 20.1. The highest BCUT2D eigenvalue weighted by Crippen LogP contribution is 2.33. The minimum atomic E-state index is -4.74. The number of rotatable bonds is 2. The van der Waals surface area contributed by atoms with E-state index in [1.54, 1.807) is 12.1 Å². The number of hydrogen-bond donors (Lipinski definition) is 0. The van der Waals surface area contributed by atoms with Gasteiger partial charge in [0.1, 0.15) is 6.61 Å². The molecule has 2 aromatic heterocycles. The van der Waals surface area contributed by atoms with Crippen LogP contribution in [0.5, 0.6) is 0 Å². The molecule has 6 nitrogen and oxygen atoms in total. The van der Waals surface area contributed by atoms with Crippen LogP contribution in [0.4, 0.5) is 18.9 Å². The molecule has 0 spiro atoms. The second kappa shape index (κ2) is 6.68. The lowest BCUT2D eigenvalue weighted by molar-refractivity contribution is -0.379. The van der Waals surface area contributed by atoms with Crippen molar-refractivity contribution < 1.29 is 22.6 Å². The molecule has 144 valence electrons. The van der Waals surface area contributed by atoms with Gasteiger partial charge >= 0.3 is 12.1 Å². The van der Waals surface area contributed by atoms with Gasteiger partial charge in [0.25, 0.3) is 0 Å². The van der Waals surface area contributed by atoms with Crippen molar-refractivity contribution in [3.05, 3.63) is 74.8 Å². The molecular formula is C17H9Cl2F3N4O2. The summed E-state index contributed by atoms with van der Waals surface area (Å²) in [5.41, 5.74) is -0.748. The SMILES string of the molecule is [O-][N+]1=C(c2cc(C(F)(F)F)nn2-c2ncccc2Cl)OCc2ccc(Cl)cc21. The monoisotopic (exact) mass is 428 g/mol. The van der Waals surface area contributed by atoms with E-state index in [1.807, 2.05) is 0 Å². The quantitative estimate of drug-likeness (QED) is 0.437. The average molecular weight is 429 g/mol. The Hall–Kier alpha value is -2.78. The second-order valence-corrected chi connectivity index (χ2v) is 6.64. The summed E-state index contributed by atoms with van der Waals surface area (Å²) < 4.78 is 46.5. The normalized spacial score (nSPS) is 14.0. The van der Waals surface area contributed by atoms with Crippen LogP contribution in [0.2, 0.25) is 10.0 Å². The van der Waals surface area contributed by atoms with Crippen LogP contribution in [-0.4, -0.2) is 25.4 Å². The number of fused-ring (bicyclic) bond motifs is 1. The molecule has 0 saturated carbocycles. The fraction of sp³-hybridized carbons (Fsp3) is 0.118. The molecule has 0 radical (unpaired) electrons. The predicted molar refractivity (Wildman–Crippen MR) is 95.0 cm³/mol. The fourth-order valence-corrected chi connectivity index (χ4v) is 3.07. The maximum absolute atomic E-state index is 13.3. The molecule has 3 aromatic rings. The third-order valence-corrected chi connectivity index (χ3v) is 4.50. The van der Waals surface area contributed by atoms with E-state index < -0.39 is 11.9 Å². The zero-order valence-corrected chi connectivity index (χ0v) is 15.3. The predicted octanol–water partition coefficient (Wildman–Crippen LogP) is 4.71. The van der Waals surface area contributed by atoms with Crippen LogP contribution in [0.3, 0.4) is 0 Å². The Morgan fingerprint density at radius 1 is 1.18 bits per heavy atom. The van der Waals surface area contributed by atoms with E-state index >= 15 is 0 Å². The summed E-state index contributed by atoms with van der Waals surface area (Å²) >= 11 is 12.0. The summed E-state index contributed by atoms with van der Waals surface area (Å²) in [5, 5.41) is 16.7. The summed E-state index contributed by atoms with van der Waals surface area (Å²) in [6.45, 7) is -0.0247. The van der Waals surface area contributed by atoms with Gasteiger partial charge < -0.3 is 9.94 Å². The highest BCUT2D eigenvalue weighted by molar-refractivity contribution is 6.32. The van der Waals surface area contributed by atoms with E-state index in [-0.39, 0.29) is 34.7 Å². The van der Waals surface area contributed by atoms with Crippen LogP contribution in [0.1, 0.15) is 17.0 Å². The van der Waals surface area contributed by atoms with Crippen molar-refractivity contribution in [3.63, 3.8) is 0 Å².